The van der Waals surface area contributed by atoms with Gasteiger partial charge in [-0.15, -0.1) is 12.4 Å². The third-order valence-corrected chi connectivity index (χ3v) is 1.50. The average Bonchev–Trinajstić information content (AvgIpc) is 1.94. The molecule has 0 saturated heterocycles. The molecular formula is C8H13ClN2. The second kappa shape index (κ2) is 5.10. The summed E-state index contributed by atoms with van der Waals surface area (Å²) in [5.41, 5.74) is 2.56. The van der Waals surface area contributed by atoms with Crippen LogP contribution in [0.5, 0.6) is 0 Å². The lowest BCUT2D eigenvalue weighted by Gasteiger charge is -2.01. The summed E-state index contributed by atoms with van der Waals surface area (Å²) in [5.74, 6) is 0. The number of nitrogens with zero attached hydrogens (tertiary/aromatic N) is 1. The molecule has 1 aromatic rings. The smallest absolute Gasteiger partial charge is 0.0300 e. The van der Waals surface area contributed by atoms with E-state index in [1.165, 1.54) is 11.1 Å². The number of rotatable bonds is 2. The summed E-state index contributed by atoms with van der Waals surface area (Å²) in [6, 6.07) is 2.03. The quantitative estimate of drug-likeness (QED) is 0.732. The van der Waals surface area contributed by atoms with Gasteiger partial charge in [-0.3, -0.25) is 4.98 Å². The van der Waals surface area contributed by atoms with E-state index in [0.717, 1.165) is 6.54 Å². The fraction of sp³-hybridized carbons (Fsp3) is 0.375. The Balaban J connectivity index is 0.000001000. The van der Waals surface area contributed by atoms with Gasteiger partial charge in [-0.1, -0.05) is 0 Å². The zero-order valence-corrected chi connectivity index (χ0v) is 7.61. The maximum Gasteiger partial charge on any atom is 0.0300 e. The van der Waals surface area contributed by atoms with Crippen LogP contribution < -0.4 is 5.32 Å². The number of nitrogens with one attached hydrogen (secondary N) is 1. The van der Waals surface area contributed by atoms with Gasteiger partial charge in [0, 0.05) is 18.9 Å². The summed E-state index contributed by atoms with van der Waals surface area (Å²) in [6.45, 7) is 2.99. The SMILES string of the molecule is CNCc1ccncc1C.Cl. The molecule has 1 N–H and O–H groups in total. The molecule has 2 nitrogen and oxygen atoms in total. The van der Waals surface area contributed by atoms with Crippen molar-refractivity contribution in [1.29, 1.82) is 0 Å². The molecule has 62 valence electrons. The minimum Gasteiger partial charge on any atom is -0.316 e. The van der Waals surface area contributed by atoms with Crippen molar-refractivity contribution < 1.29 is 0 Å². The fourth-order valence-electron chi connectivity index (χ4n) is 0.891. The summed E-state index contributed by atoms with van der Waals surface area (Å²) in [4.78, 5) is 4.00. The molecule has 0 aromatic carbocycles. The van der Waals surface area contributed by atoms with Crippen LogP contribution in [0.25, 0.3) is 0 Å². The molecule has 0 aliphatic rings. The average molecular weight is 173 g/mol. The van der Waals surface area contributed by atoms with Crippen LogP contribution in [0.3, 0.4) is 0 Å². The summed E-state index contributed by atoms with van der Waals surface area (Å²) in [6.07, 6.45) is 3.70. The minimum atomic E-state index is 0. The van der Waals surface area contributed by atoms with Gasteiger partial charge in [0.15, 0.2) is 0 Å². The van der Waals surface area contributed by atoms with E-state index in [1.807, 2.05) is 25.5 Å². The first-order chi connectivity index (χ1) is 4.84. The van der Waals surface area contributed by atoms with E-state index in [2.05, 4.69) is 17.2 Å². The van der Waals surface area contributed by atoms with Crippen LogP contribution in [0.1, 0.15) is 11.1 Å². The third kappa shape index (κ3) is 2.87. The first kappa shape index (κ1) is 10.4. The van der Waals surface area contributed by atoms with Crippen LogP contribution >= 0.6 is 12.4 Å². The van der Waals surface area contributed by atoms with Gasteiger partial charge in [-0.2, -0.15) is 0 Å². The van der Waals surface area contributed by atoms with Crippen molar-refractivity contribution in [3.8, 4) is 0 Å². The van der Waals surface area contributed by atoms with Gasteiger partial charge < -0.3 is 5.32 Å². The Hall–Kier alpha value is -0.600. The number of hydrogen-bond acceptors (Lipinski definition) is 2. The lowest BCUT2D eigenvalue weighted by molar-refractivity contribution is 0.809. The van der Waals surface area contributed by atoms with E-state index in [-0.39, 0.29) is 12.4 Å². The van der Waals surface area contributed by atoms with E-state index in [4.69, 9.17) is 0 Å². The normalized spacial score (nSPS) is 8.91. The van der Waals surface area contributed by atoms with Gasteiger partial charge >= 0.3 is 0 Å². The van der Waals surface area contributed by atoms with Crippen LogP contribution in [0, 0.1) is 6.92 Å². The fourth-order valence-corrected chi connectivity index (χ4v) is 0.891. The molecule has 0 fully saturated rings. The summed E-state index contributed by atoms with van der Waals surface area (Å²) in [5, 5.41) is 3.10. The Labute approximate surface area is 73.4 Å². The summed E-state index contributed by atoms with van der Waals surface area (Å²) >= 11 is 0. The van der Waals surface area contributed by atoms with Gasteiger partial charge in [-0.25, -0.2) is 0 Å². The molecule has 0 aliphatic carbocycles. The molecule has 0 atom stereocenters. The Morgan fingerprint density at radius 3 is 2.82 bits per heavy atom. The molecule has 0 radical (unpaired) electrons. The highest BCUT2D eigenvalue weighted by molar-refractivity contribution is 5.85. The Bertz CT molecular complexity index is 213. The van der Waals surface area contributed by atoms with Crippen molar-refractivity contribution in [3.63, 3.8) is 0 Å². The second-order valence-electron chi connectivity index (χ2n) is 2.33. The highest BCUT2D eigenvalue weighted by atomic mass is 35.5. The molecule has 0 bridgehead atoms. The van der Waals surface area contributed by atoms with Crippen molar-refractivity contribution in [2.75, 3.05) is 7.05 Å². The Morgan fingerprint density at radius 2 is 2.27 bits per heavy atom. The van der Waals surface area contributed by atoms with Crippen molar-refractivity contribution in [2.45, 2.75) is 13.5 Å². The van der Waals surface area contributed by atoms with Crippen LogP contribution in [-0.2, 0) is 6.54 Å². The van der Waals surface area contributed by atoms with Gasteiger partial charge in [0.25, 0.3) is 0 Å². The number of pyridine rings is 1. The maximum atomic E-state index is 4.00. The van der Waals surface area contributed by atoms with E-state index < -0.39 is 0 Å². The molecule has 0 aliphatic heterocycles. The monoisotopic (exact) mass is 172 g/mol. The molecule has 0 saturated carbocycles. The highest BCUT2D eigenvalue weighted by Crippen LogP contribution is 2.02. The van der Waals surface area contributed by atoms with Crippen LogP contribution in [0.15, 0.2) is 18.5 Å². The van der Waals surface area contributed by atoms with Crippen LogP contribution in [0.2, 0.25) is 0 Å². The van der Waals surface area contributed by atoms with Crippen molar-refractivity contribution >= 4 is 12.4 Å². The van der Waals surface area contributed by atoms with Crippen LogP contribution in [-0.4, -0.2) is 12.0 Å². The minimum absolute atomic E-state index is 0. The molecule has 1 aromatic heterocycles. The van der Waals surface area contributed by atoms with Crippen LogP contribution in [0.4, 0.5) is 0 Å². The van der Waals surface area contributed by atoms with E-state index in [1.54, 1.807) is 0 Å². The number of aryl methyl sites for hydroxylation is 1. The van der Waals surface area contributed by atoms with Gasteiger partial charge in [0.1, 0.15) is 0 Å². The zero-order valence-electron chi connectivity index (χ0n) is 6.79. The Morgan fingerprint density at radius 1 is 1.55 bits per heavy atom. The first-order valence-electron chi connectivity index (χ1n) is 3.38. The molecule has 1 heterocycles. The molecule has 0 spiro atoms. The molecule has 0 unspecified atom stereocenters. The summed E-state index contributed by atoms with van der Waals surface area (Å²) in [7, 11) is 1.94. The van der Waals surface area contributed by atoms with Crippen molar-refractivity contribution in [3.05, 3.63) is 29.6 Å². The molecule has 0 amide bonds. The zero-order chi connectivity index (χ0) is 7.40. The van der Waals surface area contributed by atoms with E-state index >= 15 is 0 Å². The largest absolute Gasteiger partial charge is 0.316 e. The van der Waals surface area contributed by atoms with Gasteiger partial charge in [0.05, 0.1) is 0 Å². The molecule has 3 heteroatoms. The van der Waals surface area contributed by atoms with Gasteiger partial charge in [-0.05, 0) is 31.2 Å². The third-order valence-electron chi connectivity index (χ3n) is 1.50. The first-order valence-corrected chi connectivity index (χ1v) is 3.38. The van der Waals surface area contributed by atoms with Crippen molar-refractivity contribution in [1.82, 2.24) is 10.3 Å². The topological polar surface area (TPSA) is 24.9 Å². The van der Waals surface area contributed by atoms with E-state index in [9.17, 15) is 0 Å². The second-order valence-corrected chi connectivity index (χ2v) is 2.33. The van der Waals surface area contributed by atoms with Crippen molar-refractivity contribution in [2.24, 2.45) is 0 Å². The number of halogens is 1. The maximum absolute atomic E-state index is 4.00. The standard InChI is InChI=1S/C8H12N2.ClH/c1-7-5-10-4-3-8(7)6-9-2;/h3-5,9H,6H2,1-2H3;1H. The lowest BCUT2D eigenvalue weighted by atomic mass is 10.2. The van der Waals surface area contributed by atoms with E-state index in [0.29, 0.717) is 0 Å². The molecular weight excluding hydrogens is 160 g/mol. The van der Waals surface area contributed by atoms with Gasteiger partial charge in [0.2, 0.25) is 0 Å². The Kier molecular flexibility index (Phi) is 4.83. The molecule has 1 rings (SSSR count). The number of aromatic nitrogens is 1. The number of hydrogen-bond donors (Lipinski definition) is 1. The summed E-state index contributed by atoms with van der Waals surface area (Å²) < 4.78 is 0. The lowest BCUT2D eigenvalue weighted by Crippen LogP contribution is -2.06. The highest BCUT2D eigenvalue weighted by Gasteiger charge is 1.92. The predicted molar refractivity (Wildman–Crippen MR) is 49.0 cm³/mol. The molecule has 11 heavy (non-hydrogen) atoms. The predicted octanol–water partition coefficient (Wildman–Crippen LogP) is 1.53.